The molecule has 0 bridgehead atoms. The first kappa shape index (κ1) is 13.0. The summed E-state index contributed by atoms with van der Waals surface area (Å²) in [5.41, 5.74) is 0.560. The Hall–Kier alpha value is 0. The molecule has 0 saturated heterocycles. The molecule has 0 nitrogen and oxygen atoms in total. The molecule has 0 aliphatic heterocycles. The first-order valence-corrected chi connectivity index (χ1v) is 5.99. The van der Waals surface area contributed by atoms with Crippen molar-refractivity contribution in [2.75, 3.05) is 0 Å². The third kappa shape index (κ3) is 3.32. The van der Waals surface area contributed by atoms with Gasteiger partial charge in [0.1, 0.15) is 0 Å². The van der Waals surface area contributed by atoms with Crippen LogP contribution in [0.5, 0.6) is 0 Å². The van der Waals surface area contributed by atoms with Gasteiger partial charge in [-0.2, -0.15) is 0 Å². The Kier molecular flexibility index (Phi) is 5.67. The normalized spacial score (nSPS) is 18.7. The lowest BCUT2D eigenvalue weighted by molar-refractivity contribution is 0.105. The van der Waals surface area contributed by atoms with Crippen LogP contribution < -0.4 is 0 Å². The number of rotatable bonds is 6. The van der Waals surface area contributed by atoms with Gasteiger partial charge in [-0.3, -0.25) is 0 Å². The van der Waals surface area contributed by atoms with Crippen LogP contribution in [0.3, 0.4) is 0 Å². The second-order valence-corrected chi connectivity index (χ2v) is 5.07. The summed E-state index contributed by atoms with van der Waals surface area (Å²) in [6, 6.07) is 0. The lowest BCUT2D eigenvalue weighted by Crippen LogP contribution is -2.30. The van der Waals surface area contributed by atoms with E-state index in [2.05, 4.69) is 41.5 Å². The Morgan fingerprint density at radius 2 is 1.62 bits per heavy atom. The maximum atomic E-state index is 2.47. The highest BCUT2D eigenvalue weighted by Crippen LogP contribution is 2.41. The third-order valence-electron chi connectivity index (χ3n) is 4.13. The van der Waals surface area contributed by atoms with Crippen molar-refractivity contribution >= 4 is 0 Å². The minimum Gasteiger partial charge on any atom is -0.0654 e. The first-order valence-electron chi connectivity index (χ1n) is 5.99. The fourth-order valence-electron chi connectivity index (χ4n) is 2.13. The van der Waals surface area contributed by atoms with Crippen molar-refractivity contribution in [1.82, 2.24) is 0 Å². The predicted octanol–water partition coefficient (Wildman–Crippen LogP) is 4.89. The highest BCUT2D eigenvalue weighted by atomic mass is 14.4. The van der Waals surface area contributed by atoms with Crippen LogP contribution in [0.4, 0.5) is 0 Å². The van der Waals surface area contributed by atoms with Gasteiger partial charge >= 0.3 is 0 Å². The topological polar surface area (TPSA) is 0 Å². The van der Waals surface area contributed by atoms with E-state index in [0.29, 0.717) is 5.41 Å². The van der Waals surface area contributed by atoms with E-state index in [9.17, 15) is 0 Å². The van der Waals surface area contributed by atoms with E-state index in [1.54, 1.807) is 0 Å². The van der Waals surface area contributed by atoms with Crippen LogP contribution in [0.2, 0.25) is 0 Å². The van der Waals surface area contributed by atoms with Gasteiger partial charge in [-0.05, 0) is 23.7 Å². The van der Waals surface area contributed by atoms with Gasteiger partial charge in [0.25, 0.3) is 0 Å². The molecule has 0 aliphatic rings. The van der Waals surface area contributed by atoms with Crippen molar-refractivity contribution < 1.29 is 0 Å². The molecule has 0 aromatic heterocycles. The molecule has 0 N–H and O–H groups in total. The Bertz CT molecular complexity index is 126. The summed E-state index contributed by atoms with van der Waals surface area (Å²) in [4.78, 5) is 0. The summed E-state index contributed by atoms with van der Waals surface area (Å²) in [5.74, 6) is 1.67. The predicted molar refractivity (Wildman–Crippen MR) is 61.9 cm³/mol. The van der Waals surface area contributed by atoms with Gasteiger partial charge in [-0.1, -0.05) is 60.8 Å². The molecule has 0 aromatic carbocycles. The van der Waals surface area contributed by atoms with E-state index in [1.165, 1.54) is 25.7 Å². The van der Waals surface area contributed by atoms with Gasteiger partial charge in [-0.15, -0.1) is 0 Å². The second-order valence-electron chi connectivity index (χ2n) is 5.07. The summed E-state index contributed by atoms with van der Waals surface area (Å²) in [6.45, 7) is 14.2. The van der Waals surface area contributed by atoms with Gasteiger partial charge in [0.2, 0.25) is 0 Å². The van der Waals surface area contributed by atoms with E-state index >= 15 is 0 Å². The van der Waals surface area contributed by atoms with Gasteiger partial charge in [0, 0.05) is 0 Å². The summed E-state index contributed by atoms with van der Waals surface area (Å²) in [6.07, 6.45) is 5.44. The van der Waals surface area contributed by atoms with Crippen molar-refractivity contribution in [2.24, 2.45) is 17.3 Å². The van der Waals surface area contributed by atoms with Crippen LogP contribution in [0.1, 0.15) is 67.2 Å². The molecule has 0 spiro atoms. The molecule has 0 heterocycles. The van der Waals surface area contributed by atoms with Crippen molar-refractivity contribution in [3.63, 3.8) is 0 Å². The largest absolute Gasteiger partial charge is 0.0654 e. The van der Waals surface area contributed by atoms with Crippen LogP contribution in [-0.2, 0) is 0 Å². The van der Waals surface area contributed by atoms with E-state index in [0.717, 1.165) is 11.8 Å². The Balaban J connectivity index is 4.33. The van der Waals surface area contributed by atoms with Crippen LogP contribution in [0.15, 0.2) is 0 Å². The molecule has 0 amide bonds. The van der Waals surface area contributed by atoms with Crippen molar-refractivity contribution in [2.45, 2.75) is 67.2 Å². The number of hydrogen-bond donors (Lipinski definition) is 0. The lowest BCUT2D eigenvalue weighted by atomic mass is 9.66. The zero-order valence-corrected chi connectivity index (χ0v) is 10.5. The molecule has 0 aliphatic carbocycles. The number of hydrogen-bond acceptors (Lipinski definition) is 0. The Morgan fingerprint density at radius 1 is 1.08 bits per heavy atom. The Labute approximate surface area is 85.1 Å². The van der Waals surface area contributed by atoms with Gasteiger partial charge in [0.15, 0.2) is 0 Å². The minimum absolute atomic E-state index is 0.560. The van der Waals surface area contributed by atoms with E-state index in [1.807, 2.05) is 0 Å². The molecular weight excluding hydrogens is 156 g/mol. The highest BCUT2D eigenvalue weighted by molar-refractivity contribution is 4.82. The van der Waals surface area contributed by atoms with Crippen molar-refractivity contribution in [1.29, 1.82) is 0 Å². The van der Waals surface area contributed by atoms with Crippen molar-refractivity contribution in [3.05, 3.63) is 0 Å². The monoisotopic (exact) mass is 184 g/mol. The van der Waals surface area contributed by atoms with E-state index < -0.39 is 0 Å². The molecule has 0 saturated carbocycles. The third-order valence-corrected chi connectivity index (χ3v) is 4.13. The fourth-order valence-corrected chi connectivity index (χ4v) is 2.13. The van der Waals surface area contributed by atoms with Gasteiger partial charge in [0.05, 0.1) is 0 Å². The summed E-state index contributed by atoms with van der Waals surface area (Å²) < 4.78 is 0. The quantitative estimate of drug-likeness (QED) is 0.551. The summed E-state index contributed by atoms with van der Waals surface area (Å²) in [5, 5.41) is 0. The Morgan fingerprint density at radius 3 is 1.92 bits per heavy atom. The summed E-state index contributed by atoms with van der Waals surface area (Å²) >= 11 is 0. The molecule has 0 fully saturated rings. The zero-order chi connectivity index (χ0) is 10.5. The summed E-state index contributed by atoms with van der Waals surface area (Å²) in [7, 11) is 0. The molecule has 0 heteroatoms. The molecule has 80 valence electrons. The first-order chi connectivity index (χ1) is 5.99. The zero-order valence-electron chi connectivity index (χ0n) is 10.5. The van der Waals surface area contributed by atoms with Crippen LogP contribution in [0.25, 0.3) is 0 Å². The maximum absolute atomic E-state index is 2.47. The van der Waals surface area contributed by atoms with Gasteiger partial charge in [-0.25, -0.2) is 0 Å². The molecule has 13 heavy (non-hydrogen) atoms. The van der Waals surface area contributed by atoms with Crippen LogP contribution in [0, 0.1) is 17.3 Å². The van der Waals surface area contributed by atoms with E-state index in [-0.39, 0.29) is 0 Å². The minimum atomic E-state index is 0.560. The standard InChI is InChI=1S/C13H28/c1-7-9-10-13(6,11(3)4)12(5)8-2/h11-12H,7-10H2,1-6H3. The maximum Gasteiger partial charge on any atom is -0.0277 e. The molecule has 2 unspecified atom stereocenters. The highest BCUT2D eigenvalue weighted by Gasteiger charge is 2.32. The molecule has 0 radical (unpaired) electrons. The molecular formula is C13H28. The SMILES string of the molecule is CCCCC(C)(C(C)C)C(C)CC. The smallest absolute Gasteiger partial charge is 0.0277 e. The molecule has 2 atom stereocenters. The lowest BCUT2D eigenvalue weighted by Gasteiger charge is -2.39. The fraction of sp³-hybridized carbons (Fsp3) is 1.00. The van der Waals surface area contributed by atoms with Crippen molar-refractivity contribution in [3.8, 4) is 0 Å². The average molecular weight is 184 g/mol. The molecule has 0 rings (SSSR count). The van der Waals surface area contributed by atoms with Crippen LogP contribution >= 0.6 is 0 Å². The van der Waals surface area contributed by atoms with Gasteiger partial charge < -0.3 is 0 Å². The number of unbranched alkanes of at least 4 members (excludes halogenated alkanes) is 1. The van der Waals surface area contributed by atoms with E-state index in [4.69, 9.17) is 0 Å². The average Bonchev–Trinajstić information content (AvgIpc) is 2.12. The van der Waals surface area contributed by atoms with Crippen LogP contribution in [-0.4, -0.2) is 0 Å². The second kappa shape index (κ2) is 5.67. The molecule has 0 aromatic rings.